The lowest BCUT2D eigenvalue weighted by molar-refractivity contribution is -0.115. The third-order valence-corrected chi connectivity index (χ3v) is 4.22. The van der Waals surface area contributed by atoms with Gasteiger partial charge in [-0.1, -0.05) is 69.9 Å². The molecule has 1 nitrogen and oxygen atoms in total. The molecule has 1 aliphatic rings. The van der Waals surface area contributed by atoms with E-state index in [1.807, 2.05) is 6.08 Å². The summed E-state index contributed by atoms with van der Waals surface area (Å²) in [4.78, 5) is 12.2. The molecular formula is C19H32O. The lowest BCUT2D eigenvalue weighted by atomic mass is 9.98. The summed E-state index contributed by atoms with van der Waals surface area (Å²) in [5.74, 6) is 0.358. The first-order chi connectivity index (χ1) is 9.84. The van der Waals surface area contributed by atoms with Crippen LogP contribution in [0.15, 0.2) is 24.3 Å². The summed E-state index contributed by atoms with van der Waals surface area (Å²) in [5.41, 5.74) is 1.01. The van der Waals surface area contributed by atoms with Crippen molar-refractivity contribution >= 4 is 5.78 Å². The van der Waals surface area contributed by atoms with Gasteiger partial charge in [-0.2, -0.15) is 0 Å². The first-order valence-electron chi connectivity index (χ1n) is 8.67. The molecular weight excluding hydrogens is 244 g/mol. The maximum absolute atomic E-state index is 12.2. The zero-order chi connectivity index (χ0) is 14.5. The van der Waals surface area contributed by atoms with E-state index in [2.05, 4.69) is 12.7 Å². The van der Waals surface area contributed by atoms with Crippen molar-refractivity contribution in [1.82, 2.24) is 0 Å². The summed E-state index contributed by atoms with van der Waals surface area (Å²) < 4.78 is 0. The van der Waals surface area contributed by atoms with E-state index in [1.54, 1.807) is 0 Å². The Balaban J connectivity index is 2.44. The van der Waals surface area contributed by atoms with Gasteiger partial charge in [0.15, 0.2) is 5.78 Å². The van der Waals surface area contributed by atoms with Crippen LogP contribution in [0.25, 0.3) is 0 Å². The summed E-state index contributed by atoms with van der Waals surface area (Å²) in [7, 11) is 0. The van der Waals surface area contributed by atoms with Gasteiger partial charge in [-0.3, -0.25) is 4.79 Å². The zero-order valence-electron chi connectivity index (χ0n) is 13.2. The van der Waals surface area contributed by atoms with Crippen LogP contribution in [0.2, 0.25) is 0 Å². The highest BCUT2D eigenvalue weighted by Gasteiger charge is 2.07. The lowest BCUT2D eigenvalue weighted by Gasteiger charge is -2.07. The molecule has 0 radical (unpaired) electrons. The Morgan fingerprint density at radius 3 is 1.90 bits per heavy atom. The molecule has 1 heteroatoms. The van der Waals surface area contributed by atoms with Crippen molar-refractivity contribution in [1.29, 1.82) is 0 Å². The Bertz CT molecular complexity index is 301. The maximum atomic E-state index is 12.2. The average Bonchev–Trinajstić information content (AvgIpc) is 2.45. The minimum absolute atomic E-state index is 0.358. The fourth-order valence-corrected chi connectivity index (χ4v) is 2.92. The SMILES string of the molecule is C=CC/C1=C/CCCCCCCCCCCCCC1=O. The predicted molar refractivity (Wildman–Crippen MR) is 87.9 cm³/mol. The molecule has 0 aromatic rings. The molecule has 0 spiro atoms. The molecule has 114 valence electrons. The van der Waals surface area contributed by atoms with E-state index < -0.39 is 0 Å². The van der Waals surface area contributed by atoms with Gasteiger partial charge in [-0.05, 0) is 31.3 Å². The van der Waals surface area contributed by atoms with Crippen LogP contribution in [0.1, 0.15) is 89.9 Å². The van der Waals surface area contributed by atoms with Gasteiger partial charge in [0.25, 0.3) is 0 Å². The molecule has 0 saturated heterocycles. The summed E-state index contributed by atoms with van der Waals surface area (Å²) >= 11 is 0. The van der Waals surface area contributed by atoms with Crippen LogP contribution in [-0.2, 0) is 4.79 Å². The minimum Gasteiger partial charge on any atom is -0.295 e. The molecule has 0 aromatic heterocycles. The zero-order valence-corrected chi connectivity index (χ0v) is 13.2. The van der Waals surface area contributed by atoms with Crippen LogP contribution in [-0.4, -0.2) is 5.78 Å². The number of ketones is 1. The molecule has 1 aliphatic carbocycles. The third kappa shape index (κ3) is 8.35. The van der Waals surface area contributed by atoms with Gasteiger partial charge in [-0.15, -0.1) is 6.58 Å². The van der Waals surface area contributed by atoms with Crippen LogP contribution in [0.5, 0.6) is 0 Å². The van der Waals surface area contributed by atoms with E-state index in [9.17, 15) is 4.79 Å². The van der Waals surface area contributed by atoms with Crippen LogP contribution in [0.3, 0.4) is 0 Å². The Hall–Kier alpha value is -0.850. The van der Waals surface area contributed by atoms with Gasteiger partial charge in [0.05, 0.1) is 0 Å². The minimum atomic E-state index is 0.358. The normalized spacial score (nSPS) is 23.8. The van der Waals surface area contributed by atoms with E-state index in [0.717, 1.165) is 31.3 Å². The number of Topliss-reactive ketones (excluding diaryl/α,β-unsaturated/α-hetero) is 1. The van der Waals surface area contributed by atoms with Crippen molar-refractivity contribution in [3.8, 4) is 0 Å². The van der Waals surface area contributed by atoms with Crippen molar-refractivity contribution in [3.05, 3.63) is 24.3 Å². The van der Waals surface area contributed by atoms with Gasteiger partial charge >= 0.3 is 0 Å². The van der Waals surface area contributed by atoms with Crippen LogP contribution in [0, 0.1) is 0 Å². The van der Waals surface area contributed by atoms with Gasteiger partial charge in [-0.25, -0.2) is 0 Å². The highest BCUT2D eigenvalue weighted by Crippen LogP contribution is 2.16. The summed E-state index contributed by atoms with van der Waals surface area (Å²) in [6.07, 6.45) is 21.0. The van der Waals surface area contributed by atoms with Crippen LogP contribution >= 0.6 is 0 Å². The Labute approximate surface area is 125 Å². The molecule has 0 aromatic carbocycles. The second-order valence-corrected chi connectivity index (χ2v) is 6.07. The monoisotopic (exact) mass is 276 g/mol. The highest BCUT2D eigenvalue weighted by atomic mass is 16.1. The van der Waals surface area contributed by atoms with Crippen LogP contribution < -0.4 is 0 Å². The van der Waals surface area contributed by atoms with Crippen molar-refractivity contribution in [2.24, 2.45) is 0 Å². The van der Waals surface area contributed by atoms with E-state index in [4.69, 9.17) is 0 Å². The third-order valence-electron chi connectivity index (χ3n) is 4.22. The van der Waals surface area contributed by atoms with Gasteiger partial charge in [0.1, 0.15) is 0 Å². The number of rotatable bonds is 2. The van der Waals surface area contributed by atoms with Crippen molar-refractivity contribution in [3.63, 3.8) is 0 Å². The lowest BCUT2D eigenvalue weighted by Crippen LogP contribution is -2.02. The topological polar surface area (TPSA) is 17.1 Å². The second-order valence-electron chi connectivity index (χ2n) is 6.07. The van der Waals surface area contributed by atoms with Crippen LogP contribution in [0.4, 0.5) is 0 Å². The van der Waals surface area contributed by atoms with Gasteiger partial charge in [0, 0.05) is 6.42 Å². The molecule has 0 saturated carbocycles. The quantitative estimate of drug-likeness (QED) is 0.553. The van der Waals surface area contributed by atoms with E-state index >= 15 is 0 Å². The number of hydrogen-bond acceptors (Lipinski definition) is 1. The standard InChI is InChI=1S/C19H32O/c1-2-15-18-16-13-11-9-7-5-3-4-6-8-10-12-14-17-19(18)20/h2,16H,1,3-15,17H2/b18-16-. The molecule has 0 unspecified atom stereocenters. The first-order valence-corrected chi connectivity index (χ1v) is 8.67. The van der Waals surface area contributed by atoms with E-state index in [-0.39, 0.29) is 0 Å². The maximum Gasteiger partial charge on any atom is 0.158 e. The molecule has 0 atom stereocenters. The Morgan fingerprint density at radius 1 is 0.850 bits per heavy atom. The number of hydrogen-bond donors (Lipinski definition) is 0. The Kier molecular flexibility index (Phi) is 10.3. The molecule has 0 amide bonds. The molecule has 0 bridgehead atoms. The van der Waals surface area contributed by atoms with Gasteiger partial charge < -0.3 is 0 Å². The van der Waals surface area contributed by atoms with Gasteiger partial charge in [0.2, 0.25) is 0 Å². The molecule has 1 rings (SSSR count). The average molecular weight is 276 g/mol. The Morgan fingerprint density at radius 2 is 1.35 bits per heavy atom. The molecule has 0 heterocycles. The number of allylic oxidation sites excluding steroid dienone is 3. The molecule has 0 fully saturated rings. The largest absolute Gasteiger partial charge is 0.295 e. The fraction of sp³-hybridized carbons (Fsp3) is 0.737. The molecule has 20 heavy (non-hydrogen) atoms. The number of carbonyl (C=O) groups is 1. The van der Waals surface area contributed by atoms with Crippen molar-refractivity contribution in [2.45, 2.75) is 89.9 Å². The summed E-state index contributed by atoms with van der Waals surface area (Å²) in [6, 6.07) is 0. The molecule has 0 aliphatic heterocycles. The smallest absolute Gasteiger partial charge is 0.158 e. The van der Waals surface area contributed by atoms with Crippen molar-refractivity contribution < 1.29 is 4.79 Å². The number of carbonyl (C=O) groups excluding carboxylic acids is 1. The summed E-state index contributed by atoms with van der Waals surface area (Å²) in [6.45, 7) is 3.78. The van der Waals surface area contributed by atoms with E-state index in [0.29, 0.717) is 5.78 Å². The summed E-state index contributed by atoms with van der Waals surface area (Å²) in [5, 5.41) is 0. The highest BCUT2D eigenvalue weighted by molar-refractivity contribution is 5.95. The second kappa shape index (κ2) is 11.9. The first kappa shape index (κ1) is 17.2. The van der Waals surface area contributed by atoms with E-state index in [1.165, 1.54) is 64.2 Å². The fourth-order valence-electron chi connectivity index (χ4n) is 2.92. The van der Waals surface area contributed by atoms with Crippen molar-refractivity contribution in [2.75, 3.05) is 0 Å². The predicted octanol–water partition coefficient (Wildman–Crippen LogP) is 6.14. The molecule has 0 N–H and O–H groups in total.